The molecule has 1 heterocycles. The Balaban J connectivity index is 1.65. The average molecular weight is 370 g/mol. The first kappa shape index (κ1) is 18.2. The molecule has 0 aliphatic carbocycles. The summed E-state index contributed by atoms with van der Waals surface area (Å²) in [5.74, 6) is -1.32. The quantitative estimate of drug-likeness (QED) is 0.693. The van der Waals surface area contributed by atoms with E-state index in [2.05, 4.69) is 20.6 Å². The Morgan fingerprint density at radius 2 is 1.78 bits per heavy atom. The van der Waals surface area contributed by atoms with Crippen molar-refractivity contribution in [3.8, 4) is 5.75 Å². The fourth-order valence-electron chi connectivity index (χ4n) is 2.37. The fourth-order valence-corrected chi connectivity index (χ4v) is 2.37. The van der Waals surface area contributed by atoms with Gasteiger partial charge in [0.25, 0.3) is 5.91 Å². The van der Waals surface area contributed by atoms with E-state index in [1.54, 1.807) is 7.11 Å². The summed E-state index contributed by atoms with van der Waals surface area (Å²) < 4.78 is 32.5. The molecule has 27 heavy (non-hydrogen) atoms. The van der Waals surface area contributed by atoms with Gasteiger partial charge in [0.1, 0.15) is 34.6 Å². The molecule has 6 nitrogen and oxygen atoms in total. The van der Waals surface area contributed by atoms with Crippen molar-refractivity contribution >= 4 is 17.4 Å². The summed E-state index contributed by atoms with van der Waals surface area (Å²) in [4.78, 5) is 20.2. The highest BCUT2D eigenvalue weighted by Gasteiger charge is 2.14. The number of ether oxygens (including phenoxy) is 1. The molecule has 8 heteroatoms. The van der Waals surface area contributed by atoms with Gasteiger partial charge in [-0.2, -0.15) is 0 Å². The Hall–Kier alpha value is -3.55. The number of rotatable bonds is 6. The lowest BCUT2D eigenvalue weighted by molar-refractivity contribution is 0.102. The Bertz CT molecular complexity index is 928. The van der Waals surface area contributed by atoms with Crippen molar-refractivity contribution in [1.29, 1.82) is 0 Å². The van der Waals surface area contributed by atoms with Crippen molar-refractivity contribution in [3.05, 3.63) is 77.8 Å². The summed E-state index contributed by atoms with van der Waals surface area (Å²) in [6.45, 7) is 0.449. The third-order valence-electron chi connectivity index (χ3n) is 3.74. The Morgan fingerprint density at radius 1 is 1.04 bits per heavy atom. The molecule has 1 amide bonds. The van der Waals surface area contributed by atoms with Gasteiger partial charge in [-0.05, 0) is 18.2 Å². The zero-order chi connectivity index (χ0) is 19.2. The molecule has 0 aliphatic heterocycles. The lowest BCUT2D eigenvalue weighted by Crippen LogP contribution is -2.16. The SMILES string of the molecule is COc1ccccc1CNc1cnc(C(=O)Nc2c(F)cccc2F)cn1. The molecule has 0 bridgehead atoms. The number of carbonyl (C=O) groups is 1. The van der Waals surface area contributed by atoms with Crippen LogP contribution < -0.4 is 15.4 Å². The van der Waals surface area contributed by atoms with Crippen molar-refractivity contribution in [1.82, 2.24) is 9.97 Å². The number of methoxy groups -OCH3 is 1. The number of anilines is 2. The van der Waals surface area contributed by atoms with E-state index in [9.17, 15) is 13.6 Å². The van der Waals surface area contributed by atoms with Crippen LogP contribution in [0, 0.1) is 11.6 Å². The molecule has 0 radical (unpaired) electrons. The van der Waals surface area contributed by atoms with Crippen molar-refractivity contribution < 1.29 is 18.3 Å². The minimum atomic E-state index is -0.869. The van der Waals surface area contributed by atoms with E-state index in [-0.39, 0.29) is 5.69 Å². The zero-order valence-corrected chi connectivity index (χ0v) is 14.4. The summed E-state index contributed by atoms with van der Waals surface area (Å²) in [5, 5.41) is 5.22. The second-order valence-corrected chi connectivity index (χ2v) is 5.50. The normalized spacial score (nSPS) is 10.3. The Morgan fingerprint density at radius 3 is 2.44 bits per heavy atom. The van der Waals surface area contributed by atoms with Crippen molar-refractivity contribution in [2.45, 2.75) is 6.54 Å². The predicted molar refractivity (Wildman–Crippen MR) is 96.7 cm³/mol. The summed E-state index contributed by atoms with van der Waals surface area (Å²) in [5.41, 5.74) is 0.335. The molecule has 3 aromatic rings. The summed E-state index contributed by atoms with van der Waals surface area (Å²) >= 11 is 0. The highest BCUT2D eigenvalue weighted by atomic mass is 19.1. The van der Waals surface area contributed by atoms with Gasteiger partial charge in [0.15, 0.2) is 0 Å². The molecule has 0 saturated heterocycles. The van der Waals surface area contributed by atoms with Gasteiger partial charge in [-0.3, -0.25) is 4.79 Å². The number of nitrogens with zero attached hydrogens (tertiary/aromatic N) is 2. The average Bonchev–Trinajstić information content (AvgIpc) is 2.69. The van der Waals surface area contributed by atoms with Gasteiger partial charge in [-0.1, -0.05) is 24.3 Å². The van der Waals surface area contributed by atoms with E-state index >= 15 is 0 Å². The number of nitrogens with one attached hydrogen (secondary N) is 2. The lowest BCUT2D eigenvalue weighted by atomic mass is 10.2. The van der Waals surface area contributed by atoms with Crippen molar-refractivity contribution in [3.63, 3.8) is 0 Å². The molecule has 138 valence electrons. The topological polar surface area (TPSA) is 76.1 Å². The van der Waals surface area contributed by atoms with Crippen LogP contribution in [0.2, 0.25) is 0 Å². The zero-order valence-electron chi connectivity index (χ0n) is 14.4. The molecule has 0 spiro atoms. The maximum atomic E-state index is 13.6. The fraction of sp³-hybridized carbons (Fsp3) is 0.105. The maximum Gasteiger partial charge on any atom is 0.276 e. The molecular weight excluding hydrogens is 354 g/mol. The largest absolute Gasteiger partial charge is 0.496 e. The maximum absolute atomic E-state index is 13.6. The smallest absolute Gasteiger partial charge is 0.276 e. The molecule has 0 fully saturated rings. The number of aromatic nitrogens is 2. The van der Waals surface area contributed by atoms with E-state index in [1.165, 1.54) is 18.5 Å². The first-order chi connectivity index (χ1) is 13.1. The van der Waals surface area contributed by atoms with Crippen LogP contribution in [-0.2, 0) is 6.54 Å². The molecular formula is C19H16F2N4O2. The standard InChI is InChI=1S/C19H16F2N4O2/c1-27-16-8-3-2-5-12(16)9-23-17-11-22-15(10-24-17)19(26)25-18-13(20)6-4-7-14(18)21/h2-8,10-11H,9H2,1H3,(H,23,24)(H,25,26). The molecule has 0 aliphatic rings. The van der Waals surface area contributed by atoms with Crippen LogP contribution in [0.15, 0.2) is 54.9 Å². The van der Waals surface area contributed by atoms with Crippen LogP contribution in [0.4, 0.5) is 20.3 Å². The van der Waals surface area contributed by atoms with Gasteiger partial charge in [0.05, 0.1) is 19.5 Å². The van der Waals surface area contributed by atoms with E-state index < -0.39 is 23.2 Å². The Kier molecular flexibility index (Phi) is 5.55. The van der Waals surface area contributed by atoms with Crippen LogP contribution in [0.1, 0.15) is 16.1 Å². The van der Waals surface area contributed by atoms with Crippen molar-refractivity contribution in [2.75, 3.05) is 17.7 Å². The number of para-hydroxylation sites is 2. The number of hydrogen-bond acceptors (Lipinski definition) is 5. The highest BCUT2D eigenvalue weighted by Crippen LogP contribution is 2.20. The first-order valence-corrected chi connectivity index (χ1v) is 8.01. The Labute approximate surface area is 154 Å². The molecule has 1 aromatic heterocycles. The third-order valence-corrected chi connectivity index (χ3v) is 3.74. The van der Waals surface area contributed by atoms with Gasteiger partial charge in [0.2, 0.25) is 0 Å². The predicted octanol–water partition coefficient (Wildman–Crippen LogP) is 3.63. The highest BCUT2D eigenvalue weighted by molar-refractivity contribution is 6.02. The molecule has 0 atom stereocenters. The van der Waals surface area contributed by atoms with E-state index in [4.69, 9.17) is 4.74 Å². The number of hydrogen-bond donors (Lipinski definition) is 2. The van der Waals surface area contributed by atoms with E-state index in [1.807, 2.05) is 24.3 Å². The number of amides is 1. The first-order valence-electron chi connectivity index (χ1n) is 8.01. The third kappa shape index (κ3) is 4.35. The lowest BCUT2D eigenvalue weighted by Gasteiger charge is -2.10. The van der Waals surface area contributed by atoms with Gasteiger partial charge in [-0.25, -0.2) is 18.7 Å². The van der Waals surface area contributed by atoms with Gasteiger partial charge < -0.3 is 15.4 Å². The van der Waals surface area contributed by atoms with Gasteiger partial charge in [-0.15, -0.1) is 0 Å². The summed E-state index contributed by atoms with van der Waals surface area (Å²) in [6.07, 6.45) is 2.58. The molecule has 2 aromatic carbocycles. The number of carbonyl (C=O) groups excluding carboxylic acids is 1. The summed E-state index contributed by atoms with van der Waals surface area (Å²) in [6, 6.07) is 10.8. The van der Waals surface area contributed by atoms with Crippen LogP contribution in [0.25, 0.3) is 0 Å². The molecule has 0 unspecified atom stereocenters. The van der Waals surface area contributed by atoms with Crippen LogP contribution in [-0.4, -0.2) is 23.0 Å². The van der Waals surface area contributed by atoms with Crippen LogP contribution in [0.5, 0.6) is 5.75 Å². The van der Waals surface area contributed by atoms with Gasteiger partial charge in [0, 0.05) is 12.1 Å². The molecule has 0 saturated carbocycles. The van der Waals surface area contributed by atoms with Crippen LogP contribution >= 0.6 is 0 Å². The molecule has 2 N–H and O–H groups in total. The minimum absolute atomic E-state index is 0.0690. The molecule has 3 rings (SSSR count). The van der Waals surface area contributed by atoms with Gasteiger partial charge >= 0.3 is 0 Å². The van der Waals surface area contributed by atoms with E-state index in [0.717, 1.165) is 23.4 Å². The number of benzene rings is 2. The second kappa shape index (κ2) is 8.22. The number of halogens is 2. The van der Waals surface area contributed by atoms with E-state index in [0.29, 0.717) is 12.4 Å². The minimum Gasteiger partial charge on any atom is -0.496 e. The second-order valence-electron chi connectivity index (χ2n) is 5.50. The summed E-state index contributed by atoms with van der Waals surface area (Å²) in [7, 11) is 1.59. The van der Waals surface area contributed by atoms with Crippen LogP contribution in [0.3, 0.4) is 0 Å². The van der Waals surface area contributed by atoms with Crippen molar-refractivity contribution in [2.24, 2.45) is 0 Å². The monoisotopic (exact) mass is 370 g/mol.